The predicted molar refractivity (Wildman–Crippen MR) is 69.4 cm³/mol. The summed E-state index contributed by atoms with van der Waals surface area (Å²) < 4.78 is 11.0. The predicted octanol–water partition coefficient (Wildman–Crippen LogP) is 1.73. The lowest BCUT2D eigenvalue weighted by molar-refractivity contribution is -0.139. The lowest BCUT2D eigenvalue weighted by atomic mass is 9.82. The zero-order valence-electron chi connectivity index (χ0n) is 11.4. The van der Waals surface area contributed by atoms with E-state index < -0.39 is 6.10 Å². The van der Waals surface area contributed by atoms with Crippen molar-refractivity contribution >= 4 is 5.97 Å². The highest BCUT2D eigenvalue weighted by Gasteiger charge is 2.60. The smallest absolute Gasteiger partial charge is 0.334 e. The number of epoxide rings is 1. The van der Waals surface area contributed by atoms with Crippen LogP contribution in [0.1, 0.15) is 33.1 Å². The van der Waals surface area contributed by atoms with Gasteiger partial charge < -0.3 is 14.6 Å². The first-order valence-corrected chi connectivity index (χ1v) is 6.84. The van der Waals surface area contributed by atoms with E-state index in [1.54, 1.807) is 0 Å². The summed E-state index contributed by atoms with van der Waals surface area (Å²) >= 11 is 0. The first-order valence-electron chi connectivity index (χ1n) is 6.84. The third-order valence-corrected chi connectivity index (χ3v) is 4.60. The van der Waals surface area contributed by atoms with Gasteiger partial charge in [0.15, 0.2) is 0 Å². The van der Waals surface area contributed by atoms with Crippen LogP contribution in [0.2, 0.25) is 0 Å². The van der Waals surface area contributed by atoms with Gasteiger partial charge in [0.25, 0.3) is 0 Å². The molecule has 0 bridgehead atoms. The first-order chi connectivity index (χ1) is 8.92. The molecule has 2 aliphatic heterocycles. The lowest BCUT2D eigenvalue weighted by Crippen LogP contribution is -2.36. The van der Waals surface area contributed by atoms with Gasteiger partial charge in [-0.25, -0.2) is 4.79 Å². The topological polar surface area (TPSA) is 59.1 Å². The molecule has 0 aromatic heterocycles. The van der Waals surface area contributed by atoms with Crippen molar-refractivity contribution in [2.75, 3.05) is 0 Å². The molecule has 3 rings (SSSR count). The molecule has 5 atom stereocenters. The summed E-state index contributed by atoms with van der Waals surface area (Å²) in [5.74, 6) is -0.732. The van der Waals surface area contributed by atoms with E-state index in [4.69, 9.17) is 9.47 Å². The maximum Gasteiger partial charge on any atom is 0.334 e. The molecular formula is C15H20O4. The zero-order valence-corrected chi connectivity index (χ0v) is 11.4. The molecule has 0 spiro atoms. The summed E-state index contributed by atoms with van der Waals surface area (Å²) in [6, 6.07) is 0. The second-order valence-corrected chi connectivity index (χ2v) is 6.13. The van der Waals surface area contributed by atoms with Crippen LogP contribution < -0.4 is 0 Å². The van der Waals surface area contributed by atoms with Gasteiger partial charge in [-0.3, -0.25) is 0 Å². The average Bonchev–Trinajstić information content (AvgIpc) is 2.92. The summed E-state index contributed by atoms with van der Waals surface area (Å²) in [5.41, 5.74) is 1.29. The van der Waals surface area contributed by atoms with Crippen LogP contribution in [0.15, 0.2) is 23.8 Å². The Balaban J connectivity index is 1.92. The van der Waals surface area contributed by atoms with Gasteiger partial charge in [-0.1, -0.05) is 18.2 Å². The Morgan fingerprint density at radius 3 is 3.00 bits per heavy atom. The van der Waals surface area contributed by atoms with Crippen LogP contribution in [0.5, 0.6) is 0 Å². The molecule has 0 radical (unpaired) electrons. The van der Waals surface area contributed by atoms with Crippen molar-refractivity contribution in [1.29, 1.82) is 0 Å². The van der Waals surface area contributed by atoms with E-state index >= 15 is 0 Å². The number of carbonyl (C=O) groups excluding carboxylic acids is 1. The Bertz CT molecular complexity index is 467. The lowest BCUT2D eigenvalue weighted by Gasteiger charge is -2.24. The number of rotatable bonds is 0. The van der Waals surface area contributed by atoms with E-state index in [1.165, 1.54) is 5.57 Å². The average molecular weight is 264 g/mol. The Morgan fingerprint density at radius 2 is 2.26 bits per heavy atom. The fourth-order valence-corrected chi connectivity index (χ4v) is 3.32. The van der Waals surface area contributed by atoms with Crippen molar-refractivity contribution < 1.29 is 19.4 Å². The second-order valence-electron chi connectivity index (χ2n) is 6.13. The van der Waals surface area contributed by atoms with Gasteiger partial charge in [0, 0.05) is 12.0 Å². The second kappa shape index (κ2) is 4.18. The minimum Gasteiger partial charge on any atom is -0.458 e. The monoisotopic (exact) mass is 264 g/mol. The molecule has 19 heavy (non-hydrogen) atoms. The number of esters is 1. The van der Waals surface area contributed by atoms with Gasteiger partial charge in [-0.05, 0) is 26.7 Å². The van der Waals surface area contributed by atoms with E-state index in [2.05, 4.69) is 12.7 Å². The Hall–Kier alpha value is -1.13. The molecule has 2 fully saturated rings. The SMILES string of the molecule is C=C1C(=O)O[C@H]2CC(C)=CCC[C@]3(C)O[C@@H]3[C@@H](O)[C@H]12. The van der Waals surface area contributed by atoms with E-state index in [9.17, 15) is 9.90 Å². The van der Waals surface area contributed by atoms with Crippen molar-refractivity contribution in [2.45, 2.75) is 57.0 Å². The van der Waals surface area contributed by atoms with E-state index in [0.29, 0.717) is 12.0 Å². The molecule has 0 aromatic rings. The van der Waals surface area contributed by atoms with Gasteiger partial charge >= 0.3 is 5.97 Å². The van der Waals surface area contributed by atoms with Gasteiger partial charge in [0.1, 0.15) is 12.2 Å². The number of carbonyl (C=O) groups is 1. The molecule has 104 valence electrons. The summed E-state index contributed by atoms with van der Waals surface area (Å²) in [6.07, 6.45) is 3.43. The van der Waals surface area contributed by atoms with Crippen LogP contribution in [0.25, 0.3) is 0 Å². The quantitative estimate of drug-likeness (QED) is 0.313. The van der Waals surface area contributed by atoms with Crippen molar-refractivity contribution in [3.05, 3.63) is 23.8 Å². The molecule has 0 amide bonds. The fourth-order valence-electron chi connectivity index (χ4n) is 3.32. The van der Waals surface area contributed by atoms with Gasteiger partial charge in [0.05, 0.1) is 17.6 Å². The first kappa shape index (κ1) is 12.9. The fraction of sp³-hybridized carbons (Fsp3) is 0.667. The van der Waals surface area contributed by atoms with Crippen molar-refractivity contribution in [2.24, 2.45) is 5.92 Å². The molecular weight excluding hydrogens is 244 g/mol. The minimum atomic E-state index is -0.708. The normalized spacial score (nSPS) is 45.9. The minimum absolute atomic E-state index is 0.210. The number of hydrogen-bond acceptors (Lipinski definition) is 4. The summed E-state index contributed by atoms with van der Waals surface area (Å²) in [6.45, 7) is 7.84. The van der Waals surface area contributed by atoms with Crippen LogP contribution in [0.3, 0.4) is 0 Å². The van der Waals surface area contributed by atoms with Crippen molar-refractivity contribution in [3.8, 4) is 0 Å². The summed E-state index contributed by atoms with van der Waals surface area (Å²) in [5, 5.41) is 10.5. The molecule has 1 aliphatic carbocycles. The molecule has 2 saturated heterocycles. The zero-order chi connectivity index (χ0) is 13.8. The van der Waals surface area contributed by atoms with Gasteiger partial charge in [-0.2, -0.15) is 0 Å². The van der Waals surface area contributed by atoms with Crippen molar-refractivity contribution in [1.82, 2.24) is 0 Å². The Kier molecular flexibility index (Phi) is 2.84. The van der Waals surface area contributed by atoms with Crippen LogP contribution in [0.4, 0.5) is 0 Å². The third-order valence-electron chi connectivity index (χ3n) is 4.60. The van der Waals surface area contributed by atoms with Crippen LogP contribution >= 0.6 is 0 Å². The third kappa shape index (κ3) is 2.03. The number of ether oxygens (including phenoxy) is 2. The number of aliphatic hydroxyl groups is 1. The van der Waals surface area contributed by atoms with E-state index in [1.807, 2.05) is 13.8 Å². The molecule has 3 aliphatic rings. The molecule has 0 aromatic carbocycles. The Morgan fingerprint density at radius 1 is 1.53 bits per heavy atom. The van der Waals surface area contributed by atoms with E-state index in [-0.39, 0.29) is 29.7 Å². The highest BCUT2D eigenvalue weighted by Crippen LogP contribution is 2.48. The summed E-state index contributed by atoms with van der Waals surface area (Å²) in [4.78, 5) is 11.7. The highest BCUT2D eigenvalue weighted by molar-refractivity contribution is 5.91. The van der Waals surface area contributed by atoms with Gasteiger partial charge in [0.2, 0.25) is 0 Å². The standard InChI is InChI=1S/C15H20O4/c1-8-5-4-6-15(3)13(19-15)12(16)11-9(2)14(17)18-10(11)7-8/h5,10-13,16H,2,4,6-7H2,1,3H3/t10-,11+,12-,13+,15-/m0/s1. The number of fused-ring (bicyclic) bond motifs is 2. The Labute approximate surface area is 113 Å². The van der Waals surface area contributed by atoms with Crippen molar-refractivity contribution in [3.63, 3.8) is 0 Å². The number of aliphatic hydroxyl groups excluding tert-OH is 1. The van der Waals surface area contributed by atoms with Gasteiger partial charge in [-0.15, -0.1) is 0 Å². The molecule has 4 nitrogen and oxygen atoms in total. The summed E-state index contributed by atoms with van der Waals surface area (Å²) in [7, 11) is 0. The largest absolute Gasteiger partial charge is 0.458 e. The molecule has 2 heterocycles. The highest BCUT2D eigenvalue weighted by atomic mass is 16.6. The van der Waals surface area contributed by atoms with Crippen LogP contribution in [-0.4, -0.2) is 35.0 Å². The maximum absolute atomic E-state index is 11.7. The molecule has 1 N–H and O–H groups in total. The van der Waals surface area contributed by atoms with E-state index in [0.717, 1.165) is 12.8 Å². The maximum atomic E-state index is 11.7. The number of hydrogen-bond donors (Lipinski definition) is 1. The van der Waals surface area contributed by atoms with Crippen LogP contribution in [-0.2, 0) is 14.3 Å². The molecule has 4 heteroatoms. The molecule has 0 unspecified atom stereocenters. The number of allylic oxidation sites excluding steroid dienone is 1. The molecule has 0 saturated carbocycles. The van der Waals surface area contributed by atoms with Crippen LogP contribution in [0, 0.1) is 5.92 Å².